The summed E-state index contributed by atoms with van der Waals surface area (Å²) in [5.74, 6) is 0.859. The van der Waals surface area contributed by atoms with Crippen molar-refractivity contribution in [3.8, 4) is 5.75 Å². The van der Waals surface area contributed by atoms with Gasteiger partial charge in [-0.1, -0.05) is 33.8 Å². The zero-order chi connectivity index (χ0) is 12.3. The van der Waals surface area contributed by atoms with Gasteiger partial charge in [0.2, 0.25) is 0 Å². The maximum absolute atomic E-state index is 5.72. The quantitative estimate of drug-likeness (QED) is 0.883. The molecule has 0 unspecified atom stereocenters. The number of rotatable bonds is 3. The van der Waals surface area contributed by atoms with Crippen LogP contribution in [0.2, 0.25) is 0 Å². The fourth-order valence-corrected chi connectivity index (χ4v) is 2.76. The van der Waals surface area contributed by atoms with Gasteiger partial charge in [0, 0.05) is 9.37 Å². The van der Waals surface area contributed by atoms with Gasteiger partial charge in [0.05, 0.1) is 7.11 Å². The van der Waals surface area contributed by atoms with Crippen molar-refractivity contribution in [3.63, 3.8) is 0 Å². The highest BCUT2D eigenvalue weighted by Crippen LogP contribution is 2.36. The summed E-state index contributed by atoms with van der Waals surface area (Å²) < 4.78 is 6.21. The van der Waals surface area contributed by atoms with E-state index in [1.165, 1.54) is 18.1 Å². The molecule has 0 bridgehead atoms. The van der Waals surface area contributed by atoms with Crippen LogP contribution >= 0.6 is 27.7 Å². The number of hydrogen-bond acceptors (Lipinski definition) is 5. The Morgan fingerprint density at radius 1 is 1.35 bits per heavy atom. The topological polar surface area (TPSA) is 61.0 Å². The van der Waals surface area contributed by atoms with Crippen molar-refractivity contribution in [1.82, 2.24) is 9.97 Å². The van der Waals surface area contributed by atoms with Crippen LogP contribution in [0, 0.1) is 0 Å². The van der Waals surface area contributed by atoms with Crippen LogP contribution in [0.1, 0.15) is 0 Å². The van der Waals surface area contributed by atoms with E-state index >= 15 is 0 Å². The zero-order valence-corrected chi connectivity index (χ0v) is 11.5. The first-order valence-electron chi connectivity index (χ1n) is 4.78. The van der Waals surface area contributed by atoms with E-state index in [0.29, 0.717) is 16.6 Å². The molecular formula is C11H10BrN3OS. The van der Waals surface area contributed by atoms with Crippen LogP contribution in [0.25, 0.3) is 0 Å². The van der Waals surface area contributed by atoms with Gasteiger partial charge in [0.15, 0.2) is 11.6 Å². The van der Waals surface area contributed by atoms with Crippen LogP contribution in [0.4, 0.5) is 5.82 Å². The number of benzene rings is 1. The van der Waals surface area contributed by atoms with Gasteiger partial charge in [-0.15, -0.1) is 0 Å². The molecule has 1 heterocycles. The Hall–Kier alpha value is -1.27. The summed E-state index contributed by atoms with van der Waals surface area (Å²) >= 11 is 4.90. The summed E-state index contributed by atoms with van der Waals surface area (Å²) in [4.78, 5) is 9.11. The Morgan fingerprint density at radius 2 is 2.18 bits per heavy atom. The molecule has 1 aromatic carbocycles. The predicted molar refractivity (Wildman–Crippen MR) is 71.3 cm³/mol. The molecule has 2 rings (SSSR count). The fourth-order valence-electron chi connectivity index (χ4n) is 1.28. The Balaban J connectivity index is 2.33. The van der Waals surface area contributed by atoms with Crippen LogP contribution in [0.15, 0.2) is 45.0 Å². The molecule has 17 heavy (non-hydrogen) atoms. The molecule has 2 N–H and O–H groups in total. The van der Waals surface area contributed by atoms with E-state index in [0.717, 1.165) is 9.37 Å². The molecule has 0 amide bonds. The predicted octanol–water partition coefficient (Wildman–Crippen LogP) is 2.98. The molecule has 0 atom stereocenters. The fraction of sp³-hybridized carbons (Fsp3) is 0.0909. The Morgan fingerprint density at radius 3 is 2.88 bits per heavy atom. The molecule has 88 valence electrons. The first kappa shape index (κ1) is 12.2. The monoisotopic (exact) mass is 311 g/mol. The normalized spacial score (nSPS) is 10.2. The highest BCUT2D eigenvalue weighted by Gasteiger charge is 2.10. The number of hydrogen-bond donors (Lipinski definition) is 1. The number of nitrogens with two attached hydrogens (primary N) is 1. The Kier molecular flexibility index (Phi) is 3.86. The van der Waals surface area contributed by atoms with Gasteiger partial charge in [0.1, 0.15) is 11.4 Å². The smallest absolute Gasteiger partial charge is 0.193 e. The molecule has 0 spiro atoms. The highest BCUT2D eigenvalue weighted by molar-refractivity contribution is 9.10. The van der Waals surface area contributed by atoms with Crippen molar-refractivity contribution in [2.24, 2.45) is 0 Å². The third kappa shape index (κ3) is 2.89. The second-order valence-electron chi connectivity index (χ2n) is 3.16. The number of nitrogens with zero attached hydrogens (tertiary/aromatic N) is 2. The second kappa shape index (κ2) is 5.37. The molecule has 0 radical (unpaired) electrons. The summed E-state index contributed by atoms with van der Waals surface area (Å²) in [6, 6.07) is 7.93. The number of halogens is 1. The van der Waals surface area contributed by atoms with Gasteiger partial charge >= 0.3 is 0 Å². The molecule has 0 saturated heterocycles. The summed E-state index contributed by atoms with van der Waals surface area (Å²) in [5.41, 5.74) is 5.72. The number of anilines is 1. The lowest BCUT2D eigenvalue weighted by Crippen LogP contribution is -1.98. The van der Waals surface area contributed by atoms with Gasteiger partial charge in [-0.3, -0.25) is 0 Å². The average Bonchev–Trinajstić information content (AvgIpc) is 2.29. The van der Waals surface area contributed by atoms with Crippen molar-refractivity contribution in [3.05, 3.63) is 35.1 Å². The number of ether oxygens (including phenoxy) is 1. The van der Waals surface area contributed by atoms with Crippen molar-refractivity contribution >= 4 is 33.5 Å². The average molecular weight is 312 g/mol. The lowest BCUT2D eigenvalue weighted by atomic mass is 10.4. The minimum absolute atomic E-state index is 0.347. The summed E-state index contributed by atoms with van der Waals surface area (Å²) in [7, 11) is 1.56. The summed E-state index contributed by atoms with van der Waals surface area (Å²) in [6.45, 7) is 0. The van der Waals surface area contributed by atoms with Crippen molar-refractivity contribution in [2.45, 2.75) is 9.92 Å². The van der Waals surface area contributed by atoms with Gasteiger partial charge in [-0.05, 0) is 18.2 Å². The van der Waals surface area contributed by atoms with Crippen LogP contribution < -0.4 is 10.5 Å². The molecule has 0 fully saturated rings. The maximum Gasteiger partial charge on any atom is 0.193 e. The molecule has 0 aliphatic carbocycles. The van der Waals surface area contributed by atoms with Crippen molar-refractivity contribution < 1.29 is 4.74 Å². The number of aromatic nitrogens is 2. The third-order valence-corrected chi connectivity index (χ3v) is 3.48. The summed E-state index contributed by atoms with van der Waals surface area (Å²) in [5, 5.41) is 0.707. The standard InChI is InChI=1S/C11H10BrN3OS/c1-16-9-10(13)14-6-15-11(9)17-8-4-2-3-7(12)5-8/h2-6H,1H3,(H2,13,14,15). The van der Waals surface area contributed by atoms with E-state index in [4.69, 9.17) is 10.5 Å². The minimum atomic E-state index is 0.347. The molecule has 0 aliphatic rings. The van der Waals surface area contributed by atoms with E-state index < -0.39 is 0 Å². The van der Waals surface area contributed by atoms with E-state index in [2.05, 4.69) is 25.9 Å². The van der Waals surface area contributed by atoms with Crippen LogP contribution in [-0.2, 0) is 0 Å². The number of nitrogen functional groups attached to an aromatic ring is 1. The Labute approximate surface area is 112 Å². The lowest BCUT2D eigenvalue weighted by Gasteiger charge is -2.08. The van der Waals surface area contributed by atoms with Gasteiger partial charge in [0.25, 0.3) is 0 Å². The maximum atomic E-state index is 5.72. The molecule has 6 heteroatoms. The Bertz CT molecular complexity index is 536. The van der Waals surface area contributed by atoms with E-state index in [-0.39, 0.29) is 0 Å². The lowest BCUT2D eigenvalue weighted by molar-refractivity contribution is 0.401. The molecular weight excluding hydrogens is 302 g/mol. The van der Waals surface area contributed by atoms with Gasteiger partial charge < -0.3 is 10.5 Å². The minimum Gasteiger partial charge on any atom is -0.490 e. The first-order valence-corrected chi connectivity index (χ1v) is 6.39. The molecule has 0 aliphatic heterocycles. The van der Waals surface area contributed by atoms with E-state index in [9.17, 15) is 0 Å². The summed E-state index contributed by atoms with van der Waals surface area (Å²) in [6.07, 6.45) is 1.43. The van der Waals surface area contributed by atoms with Gasteiger partial charge in [-0.2, -0.15) is 0 Å². The third-order valence-electron chi connectivity index (χ3n) is 2.01. The SMILES string of the molecule is COc1c(N)ncnc1Sc1cccc(Br)c1. The molecule has 2 aromatic rings. The van der Waals surface area contributed by atoms with Crippen molar-refractivity contribution in [2.75, 3.05) is 12.8 Å². The largest absolute Gasteiger partial charge is 0.490 e. The molecule has 4 nitrogen and oxygen atoms in total. The highest BCUT2D eigenvalue weighted by atomic mass is 79.9. The second-order valence-corrected chi connectivity index (χ2v) is 5.13. The molecule has 1 aromatic heterocycles. The van der Waals surface area contributed by atoms with Crippen LogP contribution in [-0.4, -0.2) is 17.1 Å². The molecule has 0 saturated carbocycles. The van der Waals surface area contributed by atoms with Crippen LogP contribution in [0.3, 0.4) is 0 Å². The zero-order valence-electron chi connectivity index (χ0n) is 9.05. The first-order chi connectivity index (χ1) is 8.20. The van der Waals surface area contributed by atoms with E-state index in [1.807, 2.05) is 24.3 Å². The van der Waals surface area contributed by atoms with Gasteiger partial charge in [-0.25, -0.2) is 9.97 Å². The number of methoxy groups -OCH3 is 1. The van der Waals surface area contributed by atoms with E-state index in [1.54, 1.807) is 7.11 Å². The van der Waals surface area contributed by atoms with Crippen LogP contribution in [0.5, 0.6) is 5.75 Å². The van der Waals surface area contributed by atoms with Crippen molar-refractivity contribution in [1.29, 1.82) is 0 Å².